The van der Waals surface area contributed by atoms with Crippen LogP contribution in [-0.2, 0) is 4.79 Å². The molecule has 0 aromatic carbocycles. The van der Waals surface area contributed by atoms with Gasteiger partial charge in [-0.25, -0.2) is 0 Å². The SMILES string of the molecule is CC#CC(=O)NCCCC(C)C.[HH]. The van der Waals surface area contributed by atoms with E-state index >= 15 is 0 Å². The monoisotopic (exact) mass is 169 g/mol. The minimum Gasteiger partial charge on any atom is -0.345 e. The Morgan fingerprint density at radius 1 is 1.58 bits per heavy atom. The fourth-order valence-corrected chi connectivity index (χ4v) is 0.870. The molecule has 0 saturated carbocycles. The van der Waals surface area contributed by atoms with Gasteiger partial charge in [0.2, 0.25) is 0 Å². The molecule has 0 radical (unpaired) electrons. The van der Waals surface area contributed by atoms with Crippen LogP contribution in [0.1, 0.15) is 35.0 Å². The summed E-state index contributed by atoms with van der Waals surface area (Å²) in [5.41, 5.74) is 0. The molecule has 0 saturated heterocycles. The average molecular weight is 169 g/mol. The van der Waals surface area contributed by atoms with Crippen molar-refractivity contribution in [3.8, 4) is 11.8 Å². The standard InChI is InChI=1S/C10H17NO.H2/c1-4-6-10(12)11-8-5-7-9(2)3;/h9H,5,7-8H2,1-3H3,(H,11,12);1H. The highest BCUT2D eigenvalue weighted by atomic mass is 16.1. The summed E-state index contributed by atoms with van der Waals surface area (Å²) in [7, 11) is 0. The van der Waals surface area contributed by atoms with E-state index in [4.69, 9.17) is 0 Å². The maximum absolute atomic E-state index is 10.8. The number of rotatable bonds is 4. The average Bonchev–Trinajstić information content (AvgIpc) is 1.98. The van der Waals surface area contributed by atoms with E-state index in [-0.39, 0.29) is 7.33 Å². The third-order valence-corrected chi connectivity index (χ3v) is 1.48. The maximum atomic E-state index is 10.8. The van der Waals surface area contributed by atoms with Crippen LogP contribution in [0.2, 0.25) is 0 Å². The van der Waals surface area contributed by atoms with Gasteiger partial charge >= 0.3 is 0 Å². The molecule has 12 heavy (non-hydrogen) atoms. The molecule has 0 atom stereocenters. The minimum atomic E-state index is -0.166. The Hall–Kier alpha value is -0.970. The molecule has 2 heteroatoms. The van der Waals surface area contributed by atoms with Crippen LogP contribution in [0, 0.1) is 17.8 Å². The predicted octanol–water partition coefficient (Wildman–Crippen LogP) is 1.81. The summed E-state index contributed by atoms with van der Waals surface area (Å²) in [6.07, 6.45) is 2.19. The molecule has 0 spiro atoms. The van der Waals surface area contributed by atoms with E-state index < -0.39 is 0 Å². The number of carbonyl (C=O) groups is 1. The van der Waals surface area contributed by atoms with E-state index in [0.717, 1.165) is 19.4 Å². The molecule has 0 unspecified atom stereocenters. The van der Waals surface area contributed by atoms with Gasteiger partial charge in [-0.05, 0) is 31.6 Å². The van der Waals surface area contributed by atoms with Gasteiger partial charge in [-0.3, -0.25) is 4.79 Å². The van der Waals surface area contributed by atoms with Crippen molar-refractivity contribution in [1.82, 2.24) is 5.32 Å². The molecule has 0 bridgehead atoms. The zero-order valence-electron chi connectivity index (χ0n) is 8.11. The molecule has 0 aliphatic rings. The summed E-state index contributed by atoms with van der Waals surface area (Å²) >= 11 is 0. The second-order valence-electron chi connectivity index (χ2n) is 3.17. The van der Waals surface area contributed by atoms with Crippen LogP contribution < -0.4 is 5.32 Å². The number of hydrogen-bond donors (Lipinski definition) is 1. The van der Waals surface area contributed by atoms with Gasteiger partial charge in [-0.2, -0.15) is 0 Å². The van der Waals surface area contributed by atoms with Crippen LogP contribution in [0.15, 0.2) is 0 Å². The quantitative estimate of drug-likeness (QED) is 0.504. The first-order valence-electron chi connectivity index (χ1n) is 4.37. The van der Waals surface area contributed by atoms with Crippen molar-refractivity contribution in [3.63, 3.8) is 0 Å². The summed E-state index contributed by atoms with van der Waals surface area (Å²) < 4.78 is 0. The third kappa shape index (κ3) is 7.14. The molecule has 70 valence electrons. The smallest absolute Gasteiger partial charge is 0.295 e. The summed E-state index contributed by atoms with van der Waals surface area (Å²) in [6.45, 7) is 6.75. The molecular formula is C10H19NO. The second-order valence-corrected chi connectivity index (χ2v) is 3.17. The van der Waals surface area contributed by atoms with Crippen LogP contribution in [0.5, 0.6) is 0 Å². The number of hydrogen-bond acceptors (Lipinski definition) is 1. The van der Waals surface area contributed by atoms with Crippen molar-refractivity contribution < 1.29 is 6.22 Å². The van der Waals surface area contributed by atoms with Crippen molar-refractivity contribution in [2.24, 2.45) is 5.92 Å². The Labute approximate surface area is 76.2 Å². The minimum absolute atomic E-state index is 0. The van der Waals surface area contributed by atoms with Crippen LogP contribution in [0.4, 0.5) is 0 Å². The van der Waals surface area contributed by atoms with E-state index in [0.29, 0.717) is 5.92 Å². The summed E-state index contributed by atoms with van der Waals surface area (Å²) in [4.78, 5) is 10.8. The topological polar surface area (TPSA) is 29.1 Å². The van der Waals surface area contributed by atoms with Crippen LogP contribution in [0.3, 0.4) is 0 Å². The summed E-state index contributed by atoms with van der Waals surface area (Å²) in [5, 5.41) is 2.73. The molecule has 0 aliphatic carbocycles. The third-order valence-electron chi connectivity index (χ3n) is 1.48. The van der Waals surface area contributed by atoms with Gasteiger partial charge in [-0.15, -0.1) is 0 Å². The summed E-state index contributed by atoms with van der Waals surface area (Å²) in [5.74, 6) is 5.53. The first-order chi connectivity index (χ1) is 5.66. The van der Waals surface area contributed by atoms with E-state index in [2.05, 4.69) is 31.0 Å². The first kappa shape index (κ1) is 11.0. The van der Waals surface area contributed by atoms with Gasteiger partial charge in [0.25, 0.3) is 5.91 Å². The van der Waals surface area contributed by atoms with Gasteiger partial charge < -0.3 is 5.32 Å². The lowest BCUT2D eigenvalue weighted by Gasteiger charge is -2.03. The lowest BCUT2D eigenvalue weighted by atomic mass is 10.1. The number of amides is 1. The molecule has 0 aromatic heterocycles. The molecule has 0 rings (SSSR count). The van der Waals surface area contributed by atoms with E-state index in [1.54, 1.807) is 6.92 Å². The number of carbonyl (C=O) groups excluding carboxylic acids is 1. The lowest BCUT2D eigenvalue weighted by Crippen LogP contribution is -2.22. The summed E-state index contributed by atoms with van der Waals surface area (Å²) in [6, 6.07) is 0. The Balaban J connectivity index is 0. The molecule has 2 nitrogen and oxygen atoms in total. The second kappa shape index (κ2) is 6.72. The Morgan fingerprint density at radius 3 is 2.75 bits per heavy atom. The van der Waals surface area contributed by atoms with E-state index in [1.807, 2.05) is 0 Å². The van der Waals surface area contributed by atoms with Gasteiger partial charge in [-0.1, -0.05) is 19.8 Å². The molecule has 0 fully saturated rings. The largest absolute Gasteiger partial charge is 0.345 e. The van der Waals surface area contributed by atoms with Gasteiger partial charge in [0.05, 0.1) is 0 Å². The highest BCUT2D eigenvalue weighted by Gasteiger charge is 1.95. The molecule has 1 amide bonds. The molecule has 1 N–H and O–H groups in total. The highest BCUT2D eigenvalue weighted by Crippen LogP contribution is 2.01. The van der Waals surface area contributed by atoms with Gasteiger partial charge in [0.15, 0.2) is 0 Å². The Kier molecular flexibility index (Phi) is 6.18. The Bertz CT molecular complexity index is 191. The normalized spacial score (nSPS) is 9.00. The van der Waals surface area contributed by atoms with Crippen molar-refractivity contribution in [1.29, 1.82) is 0 Å². The molecule has 0 heterocycles. The van der Waals surface area contributed by atoms with Crippen molar-refractivity contribution in [2.75, 3.05) is 6.54 Å². The van der Waals surface area contributed by atoms with Crippen molar-refractivity contribution in [2.45, 2.75) is 33.6 Å². The fourth-order valence-electron chi connectivity index (χ4n) is 0.870. The van der Waals surface area contributed by atoms with Gasteiger partial charge in [0.1, 0.15) is 0 Å². The Morgan fingerprint density at radius 2 is 2.25 bits per heavy atom. The fraction of sp³-hybridized carbons (Fsp3) is 0.700. The first-order valence-corrected chi connectivity index (χ1v) is 4.37. The van der Waals surface area contributed by atoms with Crippen molar-refractivity contribution in [3.05, 3.63) is 0 Å². The van der Waals surface area contributed by atoms with E-state index in [9.17, 15) is 4.79 Å². The maximum Gasteiger partial charge on any atom is 0.295 e. The van der Waals surface area contributed by atoms with Crippen LogP contribution in [-0.4, -0.2) is 12.5 Å². The van der Waals surface area contributed by atoms with Crippen LogP contribution >= 0.6 is 0 Å². The number of nitrogens with one attached hydrogen (secondary N) is 1. The lowest BCUT2D eigenvalue weighted by molar-refractivity contribution is -0.115. The van der Waals surface area contributed by atoms with Crippen LogP contribution in [0.25, 0.3) is 0 Å². The zero-order valence-corrected chi connectivity index (χ0v) is 8.11. The van der Waals surface area contributed by atoms with Crippen molar-refractivity contribution >= 4 is 5.91 Å². The molecule has 0 aromatic rings. The molecule has 0 aliphatic heterocycles. The predicted molar refractivity (Wildman–Crippen MR) is 52.6 cm³/mol. The molecular weight excluding hydrogens is 150 g/mol. The highest BCUT2D eigenvalue weighted by molar-refractivity contribution is 5.93. The van der Waals surface area contributed by atoms with E-state index in [1.165, 1.54) is 0 Å². The van der Waals surface area contributed by atoms with Gasteiger partial charge in [0, 0.05) is 7.97 Å². The zero-order chi connectivity index (χ0) is 9.40.